The van der Waals surface area contributed by atoms with Gasteiger partial charge in [0.05, 0.1) is 0 Å². The summed E-state index contributed by atoms with van der Waals surface area (Å²) in [4.78, 5) is 4.27. The molecule has 1 heterocycles. The predicted octanol–water partition coefficient (Wildman–Crippen LogP) is 0.548. The van der Waals surface area contributed by atoms with Crippen molar-refractivity contribution in [1.82, 2.24) is 15.0 Å². The quantitative estimate of drug-likeness (QED) is 0.536. The van der Waals surface area contributed by atoms with Crippen molar-refractivity contribution in [3.63, 3.8) is 0 Å². The van der Waals surface area contributed by atoms with Crippen LogP contribution in [0.5, 0.6) is 0 Å². The fourth-order valence-corrected chi connectivity index (χ4v) is 1.84. The molecule has 0 amide bonds. The van der Waals surface area contributed by atoms with E-state index >= 15 is 0 Å². The molecule has 0 spiro atoms. The lowest BCUT2D eigenvalue weighted by atomic mass is 10.1. The van der Waals surface area contributed by atoms with E-state index in [1.165, 1.54) is 0 Å². The normalized spacial score (nSPS) is 13.1. The average molecular weight is 214 g/mol. The number of aryl methyl sites for hydroxylation is 1. The Hall–Kier alpha value is -0.520. The molecular weight excluding hydrogens is 196 g/mol. The second-order valence-corrected chi connectivity index (χ2v) is 4.29. The summed E-state index contributed by atoms with van der Waals surface area (Å²) < 4.78 is 2.03. The molecule has 0 aliphatic rings. The molecule has 0 saturated carbocycles. The van der Waals surface area contributed by atoms with Gasteiger partial charge >= 0.3 is 0 Å². The summed E-state index contributed by atoms with van der Waals surface area (Å²) in [5, 5.41) is 0. The molecule has 80 valence electrons. The first-order valence-corrected chi connectivity index (χ1v) is 6.08. The Labute approximate surface area is 89.2 Å². The van der Waals surface area contributed by atoms with Crippen molar-refractivity contribution in [3.05, 3.63) is 18.2 Å². The van der Waals surface area contributed by atoms with Gasteiger partial charge in [0.25, 0.3) is 0 Å². The minimum atomic E-state index is 0.323. The minimum absolute atomic E-state index is 0.323. The molecule has 0 bridgehead atoms. The maximum atomic E-state index is 5.48. The van der Waals surface area contributed by atoms with E-state index in [1.54, 1.807) is 0 Å². The largest absolute Gasteiger partial charge is 0.338 e. The lowest BCUT2D eigenvalue weighted by molar-refractivity contribution is 0.497. The zero-order chi connectivity index (χ0) is 10.4. The Kier molecular flexibility index (Phi) is 5.00. The molecule has 3 N–H and O–H groups in total. The highest BCUT2D eigenvalue weighted by Gasteiger charge is 2.09. The molecule has 1 unspecified atom stereocenters. The van der Waals surface area contributed by atoms with E-state index in [4.69, 9.17) is 5.84 Å². The van der Waals surface area contributed by atoms with Crippen LogP contribution in [0.4, 0.5) is 0 Å². The molecule has 1 atom stereocenters. The fraction of sp³-hybridized carbons (Fsp3) is 0.667. The van der Waals surface area contributed by atoms with Crippen LogP contribution in [-0.2, 0) is 13.5 Å². The van der Waals surface area contributed by atoms with E-state index in [0.717, 1.165) is 24.4 Å². The zero-order valence-electron chi connectivity index (χ0n) is 8.73. The molecule has 0 aliphatic heterocycles. The third-order valence-corrected chi connectivity index (χ3v) is 2.90. The molecule has 0 radical (unpaired) electrons. The van der Waals surface area contributed by atoms with Crippen LogP contribution >= 0.6 is 11.8 Å². The van der Waals surface area contributed by atoms with Crippen molar-refractivity contribution in [2.24, 2.45) is 12.9 Å². The Morgan fingerprint density at radius 3 is 3.00 bits per heavy atom. The maximum Gasteiger partial charge on any atom is 0.109 e. The summed E-state index contributed by atoms with van der Waals surface area (Å²) in [6.07, 6.45) is 7.84. The van der Waals surface area contributed by atoms with Gasteiger partial charge in [0, 0.05) is 31.9 Å². The lowest BCUT2D eigenvalue weighted by Crippen LogP contribution is -2.37. The minimum Gasteiger partial charge on any atom is -0.338 e. The van der Waals surface area contributed by atoms with Crippen LogP contribution in [0.2, 0.25) is 0 Å². The monoisotopic (exact) mass is 214 g/mol. The zero-order valence-corrected chi connectivity index (χ0v) is 9.55. The van der Waals surface area contributed by atoms with Gasteiger partial charge in [0.15, 0.2) is 0 Å². The van der Waals surface area contributed by atoms with Crippen LogP contribution in [0.15, 0.2) is 12.4 Å². The molecule has 4 nitrogen and oxygen atoms in total. The van der Waals surface area contributed by atoms with Crippen LogP contribution in [0.1, 0.15) is 12.2 Å². The number of nitrogens with zero attached hydrogens (tertiary/aromatic N) is 2. The van der Waals surface area contributed by atoms with Gasteiger partial charge in [-0.05, 0) is 18.4 Å². The molecule has 14 heavy (non-hydrogen) atoms. The van der Waals surface area contributed by atoms with Gasteiger partial charge in [0.1, 0.15) is 5.82 Å². The molecule has 1 aromatic rings. The number of thioether (sulfide) groups is 1. The second-order valence-electron chi connectivity index (χ2n) is 3.30. The standard InChI is InChI=1S/C9H18N4S/c1-13-5-4-11-9(13)7-8(12-10)3-6-14-2/h4-5,8,12H,3,6-7,10H2,1-2H3. The molecular formula is C9H18N4S. The molecule has 0 aromatic carbocycles. The molecule has 0 fully saturated rings. The average Bonchev–Trinajstić information content (AvgIpc) is 2.59. The first kappa shape index (κ1) is 11.6. The summed E-state index contributed by atoms with van der Waals surface area (Å²) in [6.45, 7) is 0. The van der Waals surface area contributed by atoms with Gasteiger partial charge in [-0.1, -0.05) is 0 Å². The molecule has 5 heteroatoms. The number of nitrogens with one attached hydrogen (secondary N) is 1. The number of hydrogen-bond donors (Lipinski definition) is 2. The molecule has 1 aromatic heterocycles. The van der Waals surface area contributed by atoms with E-state index < -0.39 is 0 Å². The fourth-order valence-electron chi connectivity index (χ4n) is 1.32. The van der Waals surface area contributed by atoms with E-state index in [0.29, 0.717) is 6.04 Å². The highest BCUT2D eigenvalue weighted by atomic mass is 32.2. The van der Waals surface area contributed by atoms with Crippen molar-refractivity contribution in [2.75, 3.05) is 12.0 Å². The highest BCUT2D eigenvalue weighted by Crippen LogP contribution is 2.05. The summed E-state index contributed by atoms with van der Waals surface area (Å²) in [7, 11) is 2.00. The first-order chi connectivity index (χ1) is 6.77. The van der Waals surface area contributed by atoms with E-state index in [2.05, 4.69) is 16.7 Å². The Balaban J connectivity index is 2.44. The highest BCUT2D eigenvalue weighted by molar-refractivity contribution is 7.98. The summed E-state index contributed by atoms with van der Waals surface area (Å²) in [5.74, 6) is 7.69. The van der Waals surface area contributed by atoms with Crippen molar-refractivity contribution < 1.29 is 0 Å². The van der Waals surface area contributed by atoms with Gasteiger partial charge in [-0.3, -0.25) is 11.3 Å². The predicted molar refractivity (Wildman–Crippen MR) is 61.0 cm³/mol. The number of hydrogen-bond acceptors (Lipinski definition) is 4. The van der Waals surface area contributed by atoms with E-state index in [-0.39, 0.29) is 0 Å². The summed E-state index contributed by atoms with van der Waals surface area (Å²) in [6, 6.07) is 0.323. The second kappa shape index (κ2) is 6.06. The summed E-state index contributed by atoms with van der Waals surface area (Å²) in [5.41, 5.74) is 2.84. The smallest absolute Gasteiger partial charge is 0.109 e. The van der Waals surface area contributed by atoms with Crippen LogP contribution in [0, 0.1) is 0 Å². The third-order valence-electron chi connectivity index (χ3n) is 2.26. The van der Waals surface area contributed by atoms with Gasteiger partial charge in [-0.25, -0.2) is 4.98 Å². The Morgan fingerprint density at radius 1 is 1.71 bits per heavy atom. The van der Waals surface area contributed by atoms with Gasteiger partial charge in [0.2, 0.25) is 0 Å². The molecule has 0 aliphatic carbocycles. The van der Waals surface area contributed by atoms with Crippen LogP contribution in [0.25, 0.3) is 0 Å². The topological polar surface area (TPSA) is 55.9 Å². The number of aromatic nitrogens is 2. The van der Waals surface area contributed by atoms with Crippen molar-refractivity contribution in [2.45, 2.75) is 18.9 Å². The maximum absolute atomic E-state index is 5.48. The SMILES string of the molecule is CSCCC(Cc1nccn1C)NN. The summed E-state index contributed by atoms with van der Waals surface area (Å²) >= 11 is 1.84. The number of rotatable bonds is 6. The number of hydrazine groups is 1. The van der Waals surface area contributed by atoms with Crippen molar-refractivity contribution in [3.8, 4) is 0 Å². The molecule has 0 saturated heterocycles. The third kappa shape index (κ3) is 3.32. The number of nitrogens with two attached hydrogens (primary N) is 1. The van der Waals surface area contributed by atoms with Crippen LogP contribution < -0.4 is 11.3 Å². The van der Waals surface area contributed by atoms with Gasteiger partial charge in [-0.2, -0.15) is 11.8 Å². The molecule has 1 rings (SSSR count). The van der Waals surface area contributed by atoms with Gasteiger partial charge < -0.3 is 4.57 Å². The first-order valence-electron chi connectivity index (χ1n) is 4.69. The Bertz CT molecular complexity index is 261. The Morgan fingerprint density at radius 2 is 2.50 bits per heavy atom. The van der Waals surface area contributed by atoms with Crippen LogP contribution in [-0.4, -0.2) is 27.6 Å². The van der Waals surface area contributed by atoms with Crippen LogP contribution in [0.3, 0.4) is 0 Å². The lowest BCUT2D eigenvalue weighted by Gasteiger charge is -2.14. The van der Waals surface area contributed by atoms with E-state index in [9.17, 15) is 0 Å². The van der Waals surface area contributed by atoms with Crippen molar-refractivity contribution >= 4 is 11.8 Å². The van der Waals surface area contributed by atoms with Crippen molar-refractivity contribution in [1.29, 1.82) is 0 Å². The van der Waals surface area contributed by atoms with E-state index in [1.807, 2.05) is 35.8 Å². The number of imidazole rings is 1. The van der Waals surface area contributed by atoms with Gasteiger partial charge in [-0.15, -0.1) is 0 Å².